The van der Waals surface area contributed by atoms with Crippen molar-refractivity contribution in [2.75, 3.05) is 19.7 Å². The summed E-state index contributed by atoms with van der Waals surface area (Å²) in [6.07, 6.45) is 2.18. The quantitative estimate of drug-likeness (QED) is 0.321. The van der Waals surface area contributed by atoms with Crippen molar-refractivity contribution in [2.45, 2.75) is 46.6 Å². The van der Waals surface area contributed by atoms with Crippen LogP contribution >= 0.6 is 0 Å². The van der Waals surface area contributed by atoms with Crippen LogP contribution in [0.1, 0.15) is 65.5 Å². The molecule has 1 N–H and O–H groups in total. The van der Waals surface area contributed by atoms with Crippen molar-refractivity contribution >= 4 is 27.7 Å². The summed E-state index contributed by atoms with van der Waals surface area (Å²) in [4.78, 5) is 15.6. The van der Waals surface area contributed by atoms with E-state index in [-0.39, 0.29) is 18.4 Å². The van der Waals surface area contributed by atoms with Crippen molar-refractivity contribution in [3.63, 3.8) is 0 Å². The van der Waals surface area contributed by atoms with Gasteiger partial charge in [0.15, 0.2) is 0 Å². The minimum absolute atomic E-state index is 0.198. The van der Waals surface area contributed by atoms with Gasteiger partial charge in [0, 0.05) is 21.7 Å². The van der Waals surface area contributed by atoms with Crippen molar-refractivity contribution < 1.29 is 19.1 Å². The number of hydrogen-bond acceptors (Lipinski definition) is 5. The molecule has 1 aromatic heterocycles. The summed E-state index contributed by atoms with van der Waals surface area (Å²) >= 11 is 0. The van der Waals surface area contributed by atoms with Crippen LogP contribution < -0.4 is 0 Å². The monoisotopic (exact) mass is 471 g/mol. The third kappa shape index (κ3) is 4.08. The minimum Gasteiger partial charge on any atom is -0.507 e. The van der Waals surface area contributed by atoms with Gasteiger partial charge in [-0.05, 0) is 58.2 Å². The lowest BCUT2D eigenvalue weighted by Gasteiger charge is -2.38. The predicted molar refractivity (Wildman–Crippen MR) is 139 cm³/mol. The summed E-state index contributed by atoms with van der Waals surface area (Å²) in [6.45, 7) is 10.1. The average molecular weight is 472 g/mol. The first-order valence-corrected chi connectivity index (χ1v) is 12.5. The molecule has 5 heteroatoms. The number of likely N-dealkylation sites (tertiary alicyclic amines) is 1. The van der Waals surface area contributed by atoms with Crippen molar-refractivity contribution in [1.82, 2.24) is 4.90 Å². The Morgan fingerprint density at radius 3 is 2.40 bits per heavy atom. The van der Waals surface area contributed by atoms with Crippen molar-refractivity contribution in [3.05, 3.63) is 76.5 Å². The smallest absolute Gasteiger partial charge is 0.342 e. The molecule has 0 bridgehead atoms. The van der Waals surface area contributed by atoms with Gasteiger partial charge in [-0.3, -0.25) is 4.90 Å². The number of fused-ring (bicyclic) bond motifs is 3. The molecule has 1 fully saturated rings. The zero-order valence-electron chi connectivity index (χ0n) is 20.9. The third-order valence-electron chi connectivity index (χ3n) is 7.37. The number of carbonyl (C=O) groups excluding carboxylic acids is 1. The molecule has 1 saturated heterocycles. The van der Waals surface area contributed by atoms with Gasteiger partial charge >= 0.3 is 5.97 Å². The fourth-order valence-corrected chi connectivity index (χ4v) is 5.45. The second-order valence-electron chi connectivity index (χ2n) is 9.80. The van der Waals surface area contributed by atoms with E-state index in [1.165, 1.54) is 5.56 Å². The number of esters is 1. The van der Waals surface area contributed by atoms with Crippen LogP contribution in [0, 0.1) is 19.8 Å². The van der Waals surface area contributed by atoms with Gasteiger partial charge in [-0.2, -0.15) is 0 Å². The lowest BCUT2D eigenvalue weighted by atomic mass is 9.87. The van der Waals surface area contributed by atoms with Crippen LogP contribution in [0.3, 0.4) is 0 Å². The van der Waals surface area contributed by atoms with Gasteiger partial charge < -0.3 is 14.3 Å². The number of nitrogens with zero attached hydrogens (tertiary/aromatic N) is 1. The highest BCUT2D eigenvalue weighted by atomic mass is 16.5. The Labute approximate surface area is 206 Å². The Hall–Kier alpha value is -3.31. The molecule has 1 unspecified atom stereocenters. The number of aromatic hydroxyl groups is 1. The number of piperidine rings is 1. The minimum atomic E-state index is -0.422. The molecule has 3 aromatic carbocycles. The molecule has 0 spiro atoms. The third-order valence-corrected chi connectivity index (χ3v) is 7.37. The lowest BCUT2D eigenvalue weighted by Crippen LogP contribution is -2.37. The number of carbonyl (C=O) groups is 1. The van der Waals surface area contributed by atoms with E-state index in [0.717, 1.165) is 47.8 Å². The predicted octanol–water partition coefficient (Wildman–Crippen LogP) is 6.91. The summed E-state index contributed by atoms with van der Waals surface area (Å²) in [5, 5.41) is 14.0. The zero-order chi connectivity index (χ0) is 24.7. The van der Waals surface area contributed by atoms with Crippen molar-refractivity contribution in [1.29, 1.82) is 0 Å². The molecule has 0 amide bonds. The van der Waals surface area contributed by atoms with Crippen LogP contribution in [-0.2, 0) is 4.74 Å². The van der Waals surface area contributed by atoms with Crippen LogP contribution in [-0.4, -0.2) is 35.7 Å². The van der Waals surface area contributed by atoms with Crippen LogP contribution in [0.15, 0.2) is 52.9 Å². The molecule has 5 nitrogen and oxygen atoms in total. The molecule has 0 aliphatic carbocycles. The molecule has 0 radical (unpaired) electrons. The van der Waals surface area contributed by atoms with Crippen molar-refractivity contribution in [2.24, 2.45) is 5.92 Å². The fraction of sp³-hybridized carbons (Fsp3) is 0.367. The SMILES string of the molecule is CCOC(=O)c1c(C)oc2c1c(C(c1ccc(C)cc1)N1CCC(C)CC1)c(O)c1ccccc12. The van der Waals surface area contributed by atoms with Crippen LogP contribution in [0.5, 0.6) is 5.75 Å². The zero-order valence-corrected chi connectivity index (χ0v) is 20.9. The molecular weight excluding hydrogens is 438 g/mol. The topological polar surface area (TPSA) is 62.9 Å². The maximum atomic E-state index is 13.2. The van der Waals surface area contributed by atoms with E-state index in [2.05, 4.69) is 43.0 Å². The molecular formula is C30H33NO4. The van der Waals surface area contributed by atoms with E-state index < -0.39 is 5.97 Å². The largest absolute Gasteiger partial charge is 0.507 e. The Morgan fingerprint density at radius 2 is 1.74 bits per heavy atom. The lowest BCUT2D eigenvalue weighted by molar-refractivity contribution is 0.0526. The number of benzene rings is 3. The number of furan rings is 1. The highest BCUT2D eigenvalue weighted by molar-refractivity contribution is 6.16. The molecule has 2 heterocycles. The first kappa shape index (κ1) is 23.4. The summed E-state index contributed by atoms with van der Waals surface area (Å²) in [5.41, 5.74) is 4.01. The number of ether oxygens (including phenoxy) is 1. The van der Waals surface area contributed by atoms with Gasteiger partial charge in [0.2, 0.25) is 0 Å². The van der Waals surface area contributed by atoms with E-state index in [4.69, 9.17) is 9.15 Å². The summed E-state index contributed by atoms with van der Waals surface area (Å²) in [7, 11) is 0. The molecule has 0 saturated carbocycles. The first-order valence-electron chi connectivity index (χ1n) is 12.5. The number of phenolic OH excluding ortho intramolecular Hbond substituents is 1. The summed E-state index contributed by atoms with van der Waals surface area (Å²) in [5.74, 6) is 0.949. The molecule has 4 aromatic rings. The highest BCUT2D eigenvalue weighted by Crippen LogP contribution is 2.48. The van der Waals surface area contributed by atoms with Crippen LogP contribution in [0.25, 0.3) is 21.7 Å². The van der Waals surface area contributed by atoms with Crippen molar-refractivity contribution in [3.8, 4) is 5.75 Å². The van der Waals surface area contributed by atoms with E-state index in [0.29, 0.717) is 28.2 Å². The van der Waals surface area contributed by atoms with Gasteiger partial charge in [0.05, 0.1) is 12.6 Å². The maximum absolute atomic E-state index is 13.2. The number of aryl methyl sites for hydroxylation is 2. The van der Waals surface area contributed by atoms with Gasteiger partial charge in [-0.15, -0.1) is 0 Å². The van der Waals surface area contributed by atoms with E-state index in [1.54, 1.807) is 13.8 Å². The molecule has 182 valence electrons. The number of rotatable bonds is 5. The highest BCUT2D eigenvalue weighted by Gasteiger charge is 2.34. The van der Waals surface area contributed by atoms with Gasteiger partial charge in [0.25, 0.3) is 0 Å². The first-order chi connectivity index (χ1) is 16.9. The Bertz CT molecular complexity index is 1380. The van der Waals surface area contributed by atoms with Gasteiger partial charge in [-0.1, -0.05) is 61.0 Å². The van der Waals surface area contributed by atoms with E-state index in [1.807, 2.05) is 24.3 Å². The standard InChI is InChI=1S/C30H33NO4/c1-5-34-30(33)24-20(4)35-29-23-9-7-6-8-22(23)28(32)26(25(24)29)27(21-12-10-18(2)11-13-21)31-16-14-19(3)15-17-31/h6-13,19,27,32H,5,14-17H2,1-4H3. The Kier molecular flexibility index (Phi) is 6.28. The molecule has 5 rings (SSSR count). The average Bonchev–Trinajstić information content (AvgIpc) is 3.20. The number of hydrogen-bond donors (Lipinski definition) is 1. The fourth-order valence-electron chi connectivity index (χ4n) is 5.45. The normalized spacial score (nSPS) is 16.1. The van der Waals surface area contributed by atoms with E-state index >= 15 is 0 Å². The second-order valence-corrected chi connectivity index (χ2v) is 9.80. The maximum Gasteiger partial charge on any atom is 0.342 e. The Balaban J connectivity index is 1.87. The molecule has 35 heavy (non-hydrogen) atoms. The van der Waals surface area contributed by atoms with Gasteiger partial charge in [0.1, 0.15) is 22.7 Å². The molecule has 1 aliphatic rings. The molecule has 1 atom stereocenters. The van der Waals surface area contributed by atoms with E-state index in [9.17, 15) is 9.90 Å². The second kappa shape index (κ2) is 9.38. The summed E-state index contributed by atoms with van der Waals surface area (Å²) < 4.78 is 11.7. The summed E-state index contributed by atoms with van der Waals surface area (Å²) in [6, 6.07) is 16.0. The van der Waals surface area contributed by atoms with Crippen LogP contribution in [0.2, 0.25) is 0 Å². The Morgan fingerprint density at radius 1 is 1.09 bits per heavy atom. The molecule has 1 aliphatic heterocycles. The van der Waals surface area contributed by atoms with Gasteiger partial charge in [-0.25, -0.2) is 4.79 Å². The number of phenols is 1. The van der Waals surface area contributed by atoms with Crippen LogP contribution in [0.4, 0.5) is 0 Å².